The number of rotatable bonds is 8. The first kappa shape index (κ1) is 21.3. The van der Waals surface area contributed by atoms with Crippen LogP contribution in [0.5, 0.6) is 11.5 Å². The van der Waals surface area contributed by atoms with Crippen molar-refractivity contribution in [2.75, 3.05) is 26.1 Å². The van der Waals surface area contributed by atoms with Gasteiger partial charge in [0.2, 0.25) is 0 Å². The lowest BCUT2D eigenvalue weighted by atomic mass is 10.0. The van der Waals surface area contributed by atoms with E-state index >= 15 is 0 Å². The summed E-state index contributed by atoms with van der Waals surface area (Å²) in [5.74, 6) is 0.164. The molecule has 0 bridgehead atoms. The molecule has 1 saturated carbocycles. The highest BCUT2D eigenvalue weighted by atomic mass is 19.1. The fourth-order valence-corrected chi connectivity index (χ4v) is 4.20. The van der Waals surface area contributed by atoms with Crippen LogP contribution in [0.2, 0.25) is 0 Å². The lowest BCUT2D eigenvalue weighted by molar-refractivity contribution is 0.0717. The third-order valence-electron chi connectivity index (χ3n) is 6.09. The molecule has 1 aliphatic heterocycles. The number of ether oxygens (including phenoxy) is 3. The number of nitrogens with one attached hydrogen (secondary N) is 3. The molecule has 33 heavy (non-hydrogen) atoms. The molecule has 9 heteroatoms. The molecule has 0 radical (unpaired) electrons. The van der Waals surface area contributed by atoms with E-state index in [0.29, 0.717) is 35.0 Å². The standard InChI is InChI=1S/C24H25FN4O4/c1-12(31-2)11-33-18-10-26-8-7-13(18)21-22(27-16-6-4-5-15(25)23(16)32-3)19-20(29-21)14-9-17(14)28-24(19)30/h4-8,10,12,14,17,27,29H,9,11H2,1-3H3,(H,28,30)/t12-,14+,17-/m1/s1. The van der Waals surface area contributed by atoms with Gasteiger partial charge in [-0.2, -0.15) is 0 Å². The van der Waals surface area contributed by atoms with E-state index < -0.39 is 5.82 Å². The van der Waals surface area contributed by atoms with Crippen molar-refractivity contribution in [3.63, 3.8) is 0 Å². The highest BCUT2D eigenvalue weighted by molar-refractivity contribution is 6.07. The van der Waals surface area contributed by atoms with Gasteiger partial charge in [0.15, 0.2) is 11.6 Å². The SMILES string of the molecule is COc1c(F)cccc1Nc1c(-c2ccncc2OC[C@@H](C)OC)[nH]c2c1C(=O)N[C@@H]1C[C@H]21. The van der Waals surface area contributed by atoms with Crippen LogP contribution in [-0.4, -0.2) is 48.8 Å². The van der Waals surface area contributed by atoms with Gasteiger partial charge in [0.1, 0.15) is 12.4 Å². The molecule has 2 aliphatic rings. The number of para-hydroxylation sites is 1. The molecule has 5 rings (SSSR count). The number of anilines is 2. The smallest absolute Gasteiger partial charge is 0.255 e. The summed E-state index contributed by atoms with van der Waals surface area (Å²) in [6.07, 6.45) is 4.06. The fourth-order valence-electron chi connectivity index (χ4n) is 4.20. The van der Waals surface area contributed by atoms with Crippen molar-refractivity contribution in [1.82, 2.24) is 15.3 Å². The second-order valence-corrected chi connectivity index (χ2v) is 8.26. The molecule has 3 heterocycles. The van der Waals surface area contributed by atoms with Gasteiger partial charge in [-0.05, 0) is 31.5 Å². The molecule has 0 spiro atoms. The number of pyridine rings is 1. The Kier molecular flexibility index (Phi) is 5.41. The molecule has 0 saturated heterocycles. The Balaban J connectivity index is 1.63. The molecule has 3 aromatic rings. The predicted octanol–water partition coefficient (Wildman–Crippen LogP) is 3.98. The van der Waals surface area contributed by atoms with Crippen molar-refractivity contribution in [1.29, 1.82) is 0 Å². The molecule has 3 atom stereocenters. The van der Waals surface area contributed by atoms with Gasteiger partial charge in [-0.3, -0.25) is 9.78 Å². The highest BCUT2D eigenvalue weighted by Crippen LogP contribution is 2.51. The number of aromatic nitrogens is 2. The van der Waals surface area contributed by atoms with Crippen molar-refractivity contribution in [3.8, 4) is 22.8 Å². The van der Waals surface area contributed by atoms with Crippen molar-refractivity contribution in [2.45, 2.75) is 31.4 Å². The van der Waals surface area contributed by atoms with Crippen molar-refractivity contribution < 1.29 is 23.4 Å². The number of halogens is 1. The minimum atomic E-state index is -0.498. The van der Waals surface area contributed by atoms with Gasteiger partial charge in [0.05, 0.1) is 42.0 Å². The van der Waals surface area contributed by atoms with Crippen LogP contribution in [-0.2, 0) is 4.74 Å². The number of nitrogens with zero attached hydrogens (tertiary/aromatic N) is 1. The van der Waals surface area contributed by atoms with E-state index in [0.717, 1.165) is 17.7 Å². The molecule has 1 aromatic carbocycles. The normalized spacial score (nSPS) is 19.2. The van der Waals surface area contributed by atoms with Crippen LogP contribution in [0.1, 0.15) is 35.3 Å². The van der Waals surface area contributed by atoms with Gasteiger partial charge in [-0.15, -0.1) is 0 Å². The number of methoxy groups -OCH3 is 2. The summed E-state index contributed by atoms with van der Waals surface area (Å²) in [6.45, 7) is 2.24. The van der Waals surface area contributed by atoms with E-state index in [-0.39, 0.29) is 29.7 Å². The van der Waals surface area contributed by atoms with Gasteiger partial charge in [-0.1, -0.05) is 6.07 Å². The third kappa shape index (κ3) is 3.78. The van der Waals surface area contributed by atoms with Crippen LogP contribution >= 0.6 is 0 Å². The second-order valence-electron chi connectivity index (χ2n) is 8.26. The zero-order valence-corrected chi connectivity index (χ0v) is 18.6. The van der Waals surface area contributed by atoms with Crippen LogP contribution in [0.4, 0.5) is 15.8 Å². The van der Waals surface area contributed by atoms with E-state index in [2.05, 4.69) is 20.6 Å². The number of H-pyrrole nitrogens is 1. The lowest BCUT2D eigenvalue weighted by Gasteiger charge is -2.17. The second kappa shape index (κ2) is 8.40. The molecular weight excluding hydrogens is 427 g/mol. The molecule has 3 N–H and O–H groups in total. The van der Waals surface area contributed by atoms with Crippen LogP contribution < -0.4 is 20.1 Å². The Bertz CT molecular complexity index is 1210. The Morgan fingerprint density at radius 1 is 1.30 bits per heavy atom. The van der Waals surface area contributed by atoms with E-state index in [9.17, 15) is 9.18 Å². The summed E-state index contributed by atoms with van der Waals surface area (Å²) >= 11 is 0. The van der Waals surface area contributed by atoms with E-state index in [1.54, 1.807) is 31.6 Å². The number of benzene rings is 1. The molecule has 172 valence electrons. The van der Waals surface area contributed by atoms with E-state index in [4.69, 9.17) is 14.2 Å². The number of hydrogen-bond donors (Lipinski definition) is 3. The average molecular weight is 452 g/mol. The molecular formula is C24H25FN4O4. The molecule has 1 fully saturated rings. The first-order chi connectivity index (χ1) is 16.0. The number of fused-ring (bicyclic) bond motifs is 3. The highest BCUT2D eigenvalue weighted by Gasteiger charge is 2.48. The summed E-state index contributed by atoms with van der Waals surface area (Å²) in [5, 5.41) is 6.29. The molecule has 1 amide bonds. The van der Waals surface area contributed by atoms with Crippen LogP contribution in [0.3, 0.4) is 0 Å². The summed E-state index contributed by atoms with van der Waals surface area (Å²) in [4.78, 5) is 20.7. The summed E-state index contributed by atoms with van der Waals surface area (Å²) in [5.41, 5.74) is 3.72. The van der Waals surface area contributed by atoms with Gasteiger partial charge < -0.3 is 29.8 Å². The third-order valence-corrected chi connectivity index (χ3v) is 6.09. The molecule has 1 aliphatic carbocycles. The Hall–Kier alpha value is -3.59. The van der Waals surface area contributed by atoms with E-state index in [1.807, 2.05) is 13.0 Å². The zero-order chi connectivity index (χ0) is 23.1. The first-order valence-corrected chi connectivity index (χ1v) is 10.8. The number of amides is 1. The summed E-state index contributed by atoms with van der Waals surface area (Å²) in [6, 6.07) is 6.58. The quantitative estimate of drug-likeness (QED) is 0.478. The Morgan fingerprint density at radius 2 is 2.15 bits per heavy atom. The lowest BCUT2D eigenvalue weighted by Crippen LogP contribution is -2.31. The largest absolute Gasteiger partial charge is 0.492 e. The van der Waals surface area contributed by atoms with Gasteiger partial charge in [0, 0.05) is 36.5 Å². The van der Waals surface area contributed by atoms with Gasteiger partial charge in [0.25, 0.3) is 5.91 Å². The first-order valence-electron chi connectivity index (χ1n) is 10.8. The van der Waals surface area contributed by atoms with Crippen molar-refractivity contribution in [2.24, 2.45) is 0 Å². The minimum Gasteiger partial charge on any atom is -0.492 e. The maximum absolute atomic E-state index is 14.4. The number of aromatic amines is 1. The number of carbonyl (C=O) groups is 1. The Morgan fingerprint density at radius 3 is 2.94 bits per heavy atom. The van der Waals surface area contributed by atoms with E-state index in [1.165, 1.54) is 13.2 Å². The van der Waals surface area contributed by atoms with Crippen LogP contribution in [0.15, 0.2) is 36.7 Å². The molecule has 2 aromatic heterocycles. The zero-order valence-electron chi connectivity index (χ0n) is 18.6. The van der Waals surface area contributed by atoms with Gasteiger partial charge in [-0.25, -0.2) is 4.39 Å². The monoisotopic (exact) mass is 452 g/mol. The topological polar surface area (TPSA) is 97.5 Å². The maximum atomic E-state index is 14.4. The number of carbonyl (C=O) groups excluding carboxylic acids is 1. The number of hydrogen-bond acceptors (Lipinski definition) is 6. The molecule has 8 nitrogen and oxygen atoms in total. The predicted molar refractivity (Wildman–Crippen MR) is 121 cm³/mol. The molecule has 0 unspecified atom stereocenters. The maximum Gasteiger partial charge on any atom is 0.255 e. The van der Waals surface area contributed by atoms with Gasteiger partial charge >= 0.3 is 0 Å². The fraction of sp³-hybridized carbons (Fsp3) is 0.333. The van der Waals surface area contributed by atoms with Crippen molar-refractivity contribution >= 4 is 17.3 Å². The Labute approximate surface area is 190 Å². The minimum absolute atomic E-state index is 0.0686. The van der Waals surface area contributed by atoms with Crippen LogP contribution in [0, 0.1) is 5.82 Å². The van der Waals surface area contributed by atoms with Crippen molar-refractivity contribution in [3.05, 3.63) is 53.7 Å². The summed E-state index contributed by atoms with van der Waals surface area (Å²) in [7, 11) is 3.03. The summed E-state index contributed by atoms with van der Waals surface area (Å²) < 4.78 is 30.9. The van der Waals surface area contributed by atoms with Crippen LogP contribution in [0.25, 0.3) is 11.3 Å². The average Bonchev–Trinajstić information content (AvgIpc) is 3.49.